The smallest absolute Gasteiger partial charge is 0.222 e. The van der Waals surface area contributed by atoms with Crippen molar-refractivity contribution in [2.75, 3.05) is 6.61 Å². The predicted molar refractivity (Wildman–Crippen MR) is 79.9 cm³/mol. The molecule has 0 bridgehead atoms. The van der Waals surface area contributed by atoms with Gasteiger partial charge in [0.2, 0.25) is 9.04 Å². The first-order valence-corrected chi connectivity index (χ1v) is 8.61. The molecular formula is C15H33OSi. The molecule has 0 atom stereocenters. The maximum atomic E-state index is 6.25. The van der Waals surface area contributed by atoms with Crippen LogP contribution in [0.15, 0.2) is 0 Å². The lowest BCUT2D eigenvalue weighted by atomic mass is 10.2. The molecule has 0 aliphatic heterocycles. The third-order valence-corrected chi connectivity index (χ3v) is 6.07. The lowest BCUT2D eigenvalue weighted by molar-refractivity contribution is 0.272. The molecule has 0 N–H and O–H groups in total. The molecule has 0 aliphatic rings. The van der Waals surface area contributed by atoms with Gasteiger partial charge in [-0.2, -0.15) is 0 Å². The van der Waals surface area contributed by atoms with Gasteiger partial charge in [-0.1, -0.05) is 74.1 Å². The molecule has 103 valence electrons. The maximum Gasteiger partial charge on any atom is 0.222 e. The van der Waals surface area contributed by atoms with Crippen molar-refractivity contribution < 1.29 is 4.43 Å². The fourth-order valence-corrected chi connectivity index (χ4v) is 5.90. The molecule has 17 heavy (non-hydrogen) atoms. The highest BCUT2D eigenvalue weighted by Gasteiger charge is 2.39. The highest BCUT2D eigenvalue weighted by Crippen LogP contribution is 2.42. The van der Waals surface area contributed by atoms with Gasteiger partial charge < -0.3 is 4.43 Å². The fraction of sp³-hybridized carbons (Fsp3) is 1.00. The van der Waals surface area contributed by atoms with Crippen LogP contribution < -0.4 is 0 Å². The van der Waals surface area contributed by atoms with Crippen LogP contribution in [-0.4, -0.2) is 15.6 Å². The second-order valence-electron chi connectivity index (χ2n) is 7.09. The molecular weight excluding hydrogens is 224 g/mol. The lowest BCUT2D eigenvalue weighted by Crippen LogP contribution is -2.38. The highest BCUT2D eigenvalue weighted by molar-refractivity contribution is 6.58. The summed E-state index contributed by atoms with van der Waals surface area (Å²) in [7, 11) is -0.768. The molecule has 0 heterocycles. The standard InChI is InChI=1S/C15H33OSi/c1-8-9-10-11-12-13-16-17(14(2,3)4)15(5,6)7/h8-13H2,1-7H3. The van der Waals surface area contributed by atoms with Gasteiger partial charge in [-0.15, -0.1) is 0 Å². The van der Waals surface area contributed by atoms with Crippen molar-refractivity contribution in [3.05, 3.63) is 0 Å². The number of unbranched alkanes of at least 4 members (excludes halogenated alkanes) is 4. The van der Waals surface area contributed by atoms with E-state index in [-0.39, 0.29) is 0 Å². The molecule has 1 radical (unpaired) electrons. The van der Waals surface area contributed by atoms with Gasteiger partial charge in [-0.05, 0) is 16.5 Å². The zero-order valence-electron chi connectivity index (χ0n) is 13.2. The van der Waals surface area contributed by atoms with E-state index in [1.165, 1.54) is 32.1 Å². The van der Waals surface area contributed by atoms with Crippen molar-refractivity contribution in [1.82, 2.24) is 0 Å². The average molecular weight is 258 g/mol. The van der Waals surface area contributed by atoms with Gasteiger partial charge in [0.1, 0.15) is 0 Å². The molecule has 0 fully saturated rings. The van der Waals surface area contributed by atoms with Crippen LogP contribution in [0.1, 0.15) is 80.6 Å². The number of hydrogen-bond donors (Lipinski definition) is 0. The van der Waals surface area contributed by atoms with Crippen LogP contribution in [0.2, 0.25) is 10.1 Å². The van der Waals surface area contributed by atoms with Gasteiger partial charge in [-0.3, -0.25) is 0 Å². The summed E-state index contributed by atoms with van der Waals surface area (Å²) in [6, 6.07) is 0. The monoisotopic (exact) mass is 257 g/mol. The molecule has 2 heteroatoms. The third kappa shape index (κ3) is 7.99. The predicted octanol–water partition coefficient (Wildman–Crippen LogP) is 5.57. The van der Waals surface area contributed by atoms with Crippen molar-refractivity contribution >= 4 is 9.04 Å². The first-order chi connectivity index (χ1) is 7.69. The fourth-order valence-electron chi connectivity index (χ4n) is 2.44. The van der Waals surface area contributed by atoms with E-state index >= 15 is 0 Å². The minimum atomic E-state index is -0.768. The Labute approximate surface area is 111 Å². The van der Waals surface area contributed by atoms with E-state index in [4.69, 9.17) is 4.43 Å². The molecule has 0 rings (SSSR count). The van der Waals surface area contributed by atoms with Crippen LogP contribution in [-0.2, 0) is 4.43 Å². The Bertz CT molecular complexity index is 174. The van der Waals surface area contributed by atoms with E-state index in [1.54, 1.807) is 0 Å². The van der Waals surface area contributed by atoms with Crippen LogP contribution in [0.4, 0.5) is 0 Å². The van der Waals surface area contributed by atoms with Crippen LogP contribution in [0, 0.1) is 0 Å². The summed E-state index contributed by atoms with van der Waals surface area (Å²) in [4.78, 5) is 0. The molecule has 0 saturated heterocycles. The van der Waals surface area contributed by atoms with E-state index in [1.807, 2.05) is 0 Å². The Morgan fingerprint density at radius 1 is 0.765 bits per heavy atom. The maximum absolute atomic E-state index is 6.25. The topological polar surface area (TPSA) is 9.23 Å². The Hall–Kier alpha value is 0.177. The summed E-state index contributed by atoms with van der Waals surface area (Å²) < 4.78 is 6.25. The van der Waals surface area contributed by atoms with E-state index < -0.39 is 9.04 Å². The molecule has 0 aromatic carbocycles. The Balaban J connectivity index is 3.95. The summed E-state index contributed by atoms with van der Waals surface area (Å²) in [5.41, 5.74) is 0. The van der Waals surface area contributed by atoms with Crippen molar-refractivity contribution in [2.45, 2.75) is 90.6 Å². The Morgan fingerprint density at radius 2 is 1.24 bits per heavy atom. The minimum absolute atomic E-state index is 0.326. The summed E-state index contributed by atoms with van der Waals surface area (Å²) in [5, 5.41) is 0.651. The molecule has 0 amide bonds. The normalized spacial score (nSPS) is 13.4. The van der Waals surface area contributed by atoms with Crippen LogP contribution >= 0.6 is 0 Å². The molecule has 1 nitrogen and oxygen atoms in total. The third-order valence-electron chi connectivity index (χ3n) is 2.86. The quantitative estimate of drug-likeness (QED) is 0.428. The van der Waals surface area contributed by atoms with E-state index in [9.17, 15) is 0 Å². The lowest BCUT2D eigenvalue weighted by Gasteiger charge is -2.37. The van der Waals surface area contributed by atoms with Crippen LogP contribution in [0.5, 0.6) is 0 Å². The summed E-state index contributed by atoms with van der Waals surface area (Å²) in [5.74, 6) is 0. The minimum Gasteiger partial charge on any atom is -0.416 e. The summed E-state index contributed by atoms with van der Waals surface area (Å²) in [6.45, 7) is 17.2. The molecule has 0 unspecified atom stereocenters. The summed E-state index contributed by atoms with van der Waals surface area (Å²) >= 11 is 0. The molecule has 0 spiro atoms. The van der Waals surface area contributed by atoms with E-state index in [0.29, 0.717) is 10.1 Å². The van der Waals surface area contributed by atoms with Gasteiger partial charge in [0.05, 0.1) is 0 Å². The Kier molecular flexibility index (Phi) is 7.66. The highest BCUT2D eigenvalue weighted by atomic mass is 28.3. The molecule has 0 aromatic rings. The molecule has 0 saturated carbocycles. The van der Waals surface area contributed by atoms with Crippen molar-refractivity contribution in [3.8, 4) is 0 Å². The number of rotatable bonds is 7. The largest absolute Gasteiger partial charge is 0.416 e. The van der Waals surface area contributed by atoms with Crippen molar-refractivity contribution in [1.29, 1.82) is 0 Å². The van der Waals surface area contributed by atoms with E-state index in [2.05, 4.69) is 48.5 Å². The SMILES string of the molecule is CCCCCCCO[Si](C(C)(C)C)C(C)(C)C. The van der Waals surface area contributed by atoms with E-state index in [0.717, 1.165) is 6.61 Å². The first kappa shape index (κ1) is 17.2. The van der Waals surface area contributed by atoms with Crippen LogP contribution in [0.3, 0.4) is 0 Å². The number of hydrogen-bond acceptors (Lipinski definition) is 1. The molecule has 0 aromatic heterocycles. The summed E-state index contributed by atoms with van der Waals surface area (Å²) in [6.07, 6.45) is 6.63. The average Bonchev–Trinajstić information content (AvgIpc) is 2.12. The van der Waals surface area contributed by atoms with Gasteiger partial charge in [0.25, 0.3) is 0 Å². The first-order valence-electron chi connectivity index (χ1n) is 7.20. The van der Waals surface area contributed by atoms with Gasteiger partial charge in [0, 0.05) is 6.61 Å². The molecule has 0 aliphatic carbocycles. The zero-order valence-corrected chi connectivity index (χ0v) is 14.2. The van der Waals surface area contributed by atoms with Crippen LogP contribution in [0.25, 0.3) is 0 Å². The van der Waals surface area contributed by atoms with Gasteiger partial charge in [-0.25, -0.2) is 0 Å². The second kappa shape index (κ2) is 7.58. The van der Waals surface area contributed by atoms with Crippen molar-refractivity contribution in [3.63, 3.8) is 0 Å². The second-order valence-corrected chi connectivity index (χ2v) is 11.0. The van der Waals surface area contributed by atoms with Gasteiger partial charge in [0.15, 0.2) is 0 Å². The van der Waals surface area contributed by atoms with Gasteiger partial charge >= 0.3 is 0 Å². The zero-order chi connectivity index (χ0) is 13.5. The van der Waals surface area contributed by atoms with Crippen molar-refractivity contribution in [2.24, 2.45) is 0 Å². The Morgan fingerprint density at radius 3 is 1.65 bits per heavy atom.